The number of carbonyl (C=O) groups is 1. The van der Waals surface area contributed by atoms with E-state index in [2.05, 4.69) is 26.1 Å². The van der Waals surface area contributed by atoms with Gasteiger partial charge in [0.25, 0.3) is 10.0 Å². The van der Waals surface area contributed by atoms with Crippen LogP contribution in [0.1, 0.15) is 41.0 Å². The van der Waals surface area contributed by atoms with Gasteiger partial charge in [0.15, 0.2) is 11.5 Å². The number of methoxy groups -OCH3 is 3. The normalized spacial score (nSPS) is 12.1. The summed E-state index contributed by atoms with van der Waals surface area (Å²) in [6.45, 7) is 9.55. The molecule has 194 valence electrons. The minimum Gasteiger partial charge on any atom is -0.495 e. The molecule has 0 aliphatic rings. The Kier molecular flexibility index (Phi) is 8.94. The minimum absolute atomic E-state index is 0.0433. The van der Waals surface area contributed by atoms with Crippen LogP contribution in [0.4, 0.5) is 5.69 Å². The molecule has 0 atom stereocenters. The number of carbonyl (C=O) groups excluding carboxylic acids is 1. The summed E-state index contributed by atoms with van der Waals surface area (Å²) in [6, 6.07) is 8.81. The highest BCUT2D eigenvalue weighted by atomic mass is 35.5. The number of halogens is 1. The highest BCUT2D eigenvalue weighted by Gasteiger charge is 2.33. The number of nitrogens with zero attached hydrogens (tertiary/aromatic N) is 1. The number of amides is 1. The number of hydrogen-bond acceptors (Lipinski definition) is 6. The molecule has 0 unspecified atom stereocenters. The van der Waals surface area contributed by atoms with Gasteiger partial charge in [0.2, 0.25) is 5.91 Å². The third kappa shape index (κ3) is 7.41. The van der Waals surface area contributed by atoms with Gasteiger partial charge in [-0.25, -0.2) is 8.42 Å². The maximum absolute atomic E-state index is 13.9. The molecule has 0 fully saturated rings. The van der Waals surface area contributed by atoms with Gasteiger partial charge < -0.3 is 19.5 Å². The van der Waals surface area contributed by atoms with Gasteiger partial charge in [0.1, 0.15) is 12.3 Å². The van der Waals surface area contributed by atoms with Crippen LogP contribution in [0.15, 0.2) is 41.3 Å². The smallest absolute Gasteiger partial charge is 0.265 e. The van der Waals surface area contributed by atoms with Crippen molar-refractivity contribution in [2.45, 2.75) is 51.5 Å². The third-order valence-corrected chi connectivity index (χ3v) is 7.08. The molecule has 0 saturated heterocycles. The van der Waals surface area contributed by atoms with Crippen molar-refractivity contribution in [3.63, 3.8) is 0 Å². The quantitative estimate of drug-likeness (QED) is 0.473. The van der Waals surface area contributed by atoms with Gasteiger partial charge in [-0.2, -0.15) is 0 Å². The summed E-state index contributed by atoms with van der Waals surface area (Å²) in [6.07, 6.45) is 0.689. The molecular formula is C25H35ClN2O6S. The van der Waals surface area contributed by atoms with Crippen molar-refractivity contribution in [3.05, 3.63) is 41.4 Å². The van der Waals surface area contributed by atoms with Crippen molar-refractivity contribution in [2.24, 2.45) is 5.41 Å². The Morgan fingerprint density at radius 1 is 0.914 bits per heavy atom. The molecule has 0 saturated carbocycles. The zero-order valence-corrected chi connectivity index (χ0v) is 23.1. The van der Waals surface area contributed by atoms with E-state index in [-0.39, 0.29) is 27.5 Å². The molecule has 0 heterocycles. The molecule has 0 aliphatic carbocycles. The summed E-state index contributed by atoms with van der Waals surface area (Å²) < 4.78 is 44.6. The lowest BCUT2D eigenvalue weighted by Crippen LogP contribution is -2.50. The van der Waals surface area contributed by atoms with Crippen LogP contribution < -0.4 is 23.8 Å². The average molecular weight is 527 g/mol. The summed E-state index contributed by atoms with van der Waals surface area (Å²) in [7, 11) is 0.0392. The lowest BCUT2D eigenvalue weighted by molar-refractivity contribution is -0.121. The van der Waals surface area contributed by atoms with Gasteiger partial charge in [-0.15, -0.1) is 0 Å². The van der Waals surface area contributed by atoms with E-state index in [0.717, 1.165) is 4.31 Å². The first kappa shape index (κ1) is 28.6. The van der Waals surface area contributed by atoms with E-state index in [4.69, 9.17) is 25.8 Å². The number of sulfonamides is 1. The van der Waals surface area contributed by atoms with Gasteiger partial charge in [0.05, 0.1) is 31.9 Å². The van der Waals surface area contributed by atoms with Crippen LogP contribution in [-0.2, 0) is 14.8 Å². The summed E-state index contributed by atoms with van der Waals surface area (Å²) in [5.74, 6) is 0.396. The number of anilines is 1. The second-order valence-corrected chi connectivity index (χ2v) is 12.3. The molecule has 2 aromatic carbocycles. The Hall–Kier alpha value is -2.65. The fourth-order valence-corrected chi connectivity index (χ4v) is 5.78. The highest BCUT2D eigenvalue weighted by molar-refractivity contribution is 7.92. The van der Waals surface area contributed by atoms with E-state index in [1.54, 1.807) is 12.1 Å². The first-order valence-corrected chi connectivity index (χ1v) is 12.8. The fraction of sp³-hybridized carbons (Fsp3) is 0.480. The molecule has 0 spiro atoms. The molecule has 35 heavy (non-hydrogen) atoms. The Balaban J connectivity index is 2.57. The van der Waals surface area contributed by atoms with Gasteiger partial charge in [0, 0.05) is 16.6 Å². The van der Waals surface area contributed by atoms with Crippen LogP contribution in [0, 0.1) is 5.41 Å². The zero-order valence-electron chi connectivity index (χ0n) is 21.6. The molecule has 0 aromatic heterocycles. The standard InChI is InChI=1S/C25H35ClN2O6S/c1-24(2,3)16-25(4,5)27-23(29)15-28(19-13-17(26)9-11-20(19)32-6)35(30,31)18-10-12-21(33-7)22(14-18)34-8/h9-14H,15-16H2,1-8H3,(H,27,29). The molecule has 0 radical (unpaired) electrons. The topological polar surface area (TPSA) is 94.2 Å². The zero-order chi connectivity index (χ0) is 26.6. The van der Waals surface area contributed by atoms with Crippen LogP contribution in [0.2, 0.25) is 5.02 Å². The Labute approximate surface area is 213 Å². The summed E-state index contributed by atoms with van der Waals surface area (Å²) >= 11 is 6.20. The van der Waals surface area contributed by atoms with E-state index >= 15 is 0 Å². The van der Waals surface area contributed by atoms with Crippen LogP contribution in [0.3, 0.4) is 0 Å². The second kappa shape index (κ2) is 11.0. The number of benzene rings is 2. The largest absolute Gasteiger partial charge is 0.495 e. The monoisotopic (exact) mass is 526 g/mol. The third-order valence-electron chi connectivity index (χ3n) is 5.09. The lowest BCUT2D eigenvalue weighted by Gasteiger charge is -2.34. The van der Waals surface area contributed by atoms with Crippen LogP contribution >= 0.6 is 11.6 Å². The van der Waals surface area contributed by atoms with Crippen molar-refractivity contribution in [3.8, 4) is 17.2 Å². The maximum Gasteiger partial charge on any atom is 0.265 e. The van der Waals surface area contributed by atoms with E-state index in [0.29, 0.717) is 17.2 Å². The predicted octanol–water partition coefficient (Wildman–Crippen LogP) is 4.89. The summed E-state index contributed by atoms with van der Waals surface area (Å²) in [5, 5.41) is 3.26. The van der Waals surface area contributed by atoms with E-state index in [9.17, 15) is 13.2 Å². The van der Waals surface area contributed by atoms with Gasteiger partial charge in [-0.05, 0) is 56.0 Å². The second-order valence-electron chi connectivity index (χ2n) is 10.0. The first-order valence-electron chi connectivity index (χ1n) is 11.0. The molecular weight excluding hydrogens is 492 g/mol. The molecule has 2 rings (SSSR count). The Bertz CT molecular complexity index is 1160. The van der Waals surface area contributed by atoms with Crippen molar-refractivity contribution in [2.75, 3.05) is 32.2 Å². The Morgan fingerprint density at radius 3 is 2.03 bits per heavy atom. The number of hydrogen-bond donors (Lipinski definition) is 1. The molecule has 1 N–H and O–H groups in total. The van der Waals surface area contributed by atoms with Crippen molar-refractivity contribution >= 4 is 33.2 Å². The van der Waals surface area contributed by atoms with Gasteiger partial charge in [-0.3, -0.25) is 9.10 Å². The molecule has 0 bridgehead atoms. The van der Waals surface area contributed by atoms with Crippen LogP contribution in [0.25, 0.3) is 0 Å². The van der Waals surface area contributed by atoms with Gasteiger partial charge in [-0.1, -0.05) is 32.4 Å². The van der Waals surface area contributed by atoms with Crippen molar-refractivity contribution in [1.29, 1.82) is 0 Å². The highest BCUT2D eigenvalue weighted by Crippen LogP contribution is 2.37. The lowest BCUT2D eigenvalue weighted by atomic mass is 9.82. The Morgan fingerprint density at radius 2 is 1.49 bits per heavy atom. The number of ether oxygens (including phenoxy) is 3. The summed E-state index contributed by atoms with van der Waals surface area (Å²) in [5.41, 5.74) is -0.469. The summed E-state index contributed by atoms with van der Waals surface area (Å²) in [4.78, 5) is 13.1. The van der Waals surface area contributed by atoms with Crippen molar-refractivity contribution < 1.29 is 27.4 Å². The predicted molar refractivity (Wildman–Crippen MR) is 138 cm³/mol. The molecule has 10 heteroatoms. The van der Waals surface area contributed by atoms with Gasteiger partial charge >= 0.3 is 0 Å². The molecule has 1 amide bonds. The fourth-order valence-electron chi connectivity index (χ4n) is 4.18. The minimum atomic E-state index is -4.25. The van der Waals surface area contributed by atoms with E-state index in [1.165, 1.54) is 45.6 Å². The first-order chi connectivity index (χ1) is 16.1. The van der Waals surface area contributed by atoms with Crippen LogP contribution in [-0.4, -0.2) is 47.7 Å². The number of nitrogens with one attached hydrogen (secondary N) is 1. The SMILES string of the molecule is COc1ccc(S(=O)(=O)N(CC(=O)NC(C)(C)CC(C)(C)C)c2cc(Cl)ccc2OC)cc1OC. The number of rotatable bonds is 10. The average Bonchev–Trinajstić information content (AvgIpc) is 2.74. The molecule has 2 aromatic rings. The molecule has 0 aliphatic heterocycles. The van der Waals surface area contributed by atoms with E-state index < -0.39 is 28.0 Å². The molecule has 8 nitrogen and oxygen atoms in total. The van der Waals surface area contributed by atoms with Crippen molar-refractivity contribution in [1.82, 2.24) is 5.32 Å². The maximum atomic E-state index is 13.9. The van der Waals surface area contributed by atoms with Crippen LogP contribution in [0.5, 0.6) is 17.2 Å². The van der Waals surface area contributed by atoms with E-state index in [1.807, 2.05) is 13.8 Å².